The van der Waals surface area contributed by atoms with Gasteiger partial charge in [0.1, 0.15) is 18.5 Å². The van der Waals surface area contributed by atoms with Crippen molar-refractivity contribution in [3.05, 3.63) is 79.0 Å². The highest BCUT2D eigenvalue weighted by Gasteiger charge is 2.26. The fourth-order valence-electron chi connectivity index (χ4n) is 4.63. The largest absolute Gasteiger partial charge is 0.490 e. The summed E-state index contributed by atoms with van der Waals surface area (Å²) in [6.07, 6.45) is 2.71. The maximum atomic E-state index is 12.8. The van der Waals surface area contributed by atoms with Crippen molar-refractivity contribution >= 4 is 33.3 Å². The molecule has 1 amide bonds. The van der Waals surface area contributed by atoms with Crippen molar-refractivity contribution in [1.82, 2.24) is 9.88 Å². The zero-order valence-electron chi connectivity index (χ0n) is 19.1. The number of ether oxygens (including phenoxy) is 1. The summed E-state index contributed by atoms with van der Waals surface area (Å²) in [4.78, 5) is 19.3. The molecule has 5 rings (SSSR count). The molecule has 1 aliphatic heterocycles. The summed E-state index contributed by atoms with van der Waals surface area (Å²) < 4.78 is 5.90. The maximum absolute atomic E-state index is 12.8. The normalized spacial score (nSPS) is 15.9. The van der Waals surface area contributed by atoms with Crippen LogP contribution in [0.5, 0.6) is 5.75 Å². The summed E-state index contributed by atoms with van der Waals surface area (Å²) in [7, 11) is 0. The minimum absolute atomic E-state index is 0.0145. The molecule has 2 heterocycles. The van der Waals surface area contributed by atoms with Crippen LogP contribution in [0.25, 0.3) is 21.7 Å². The van der Waals surface area contributed by atoms with Crippen LogP contribution in [0, 0.1) is 5.92 Å². The lowest BCUT2D eigenvalue weighted by Gasteiger charge is -2.32. The van der Waals surface area contributed by atoms with Crippen molar-refractivity contribution in [2.45, 2.75) is 18.9 Å². The van der Waals surface area contributed by atoms with Gasteiger partial charge in [-0.25, -0.2) is 0 Å². The fourth-order valence-corrected chi connectivity index (χ4v) is 4.63. The second-order valence-corrected chi connectivity index (χ2v) is 8.92. The second kappa shape index (κ2) is 10.2. The van der Waals surface area contributed by atoms with Crippen LogP contribution < -0.4 is 10.1 Å². The number of nitrogens with one attached hydrogen (secondary N) is 1. The molecule has 1 aromatic heterocycles. The number of rotatable bonds is 7. The highest BCUT2D eigenvalue weighted by atomic mass is 16.5. The molecule has 1 fully saturated rings. The van der Waals surface area contributed by atoms with Crippen LogP contribution >= 0.6 is 0 Å². The molecule has 1 atom stereocenters. The Morgan fingerprint density at radius 2 is 1.85 bits per heavy atom. The zero-order chi connectivity index (χ0) is 23.3. The molecule has 34 heavy (non-hydrogen) atoms. The molecular formula is C28H29N3O3. The van der Waals surface area contributed by atoms with Gasteiger partial charge in [-0.2, -0.15) is 0 Å². The Balaban J connectivity index is 1.09. The first kappa shape index (κ1) is 22.3. The second-order valence-electron chi connectivity index (χ2n) is 8.92. The highest BCUT2D eigenvalue weighted by molar-refractivity contribution is 5.95. The van der Waals surface area contributed by atoms with E-state index < -0.39 is 6.10 Å². The lowest BCUT2D eigenvalue weighted by Crippen LogP contribution is -2.42. The Morgan fingerprint density at radius 3 is 2.71 bits per heavy atom. The predicted octanol–water partition coefficient (Wildman–Crippen LogP) is 4.48. The number of nitrogens with zero attached hydrogens (tertiary/aromatic N) is 2. The van der Waals surface area contributed by atoms with E-state index in [1.807, 2.05) is 60.7 Å². The number of aliphatic hydroxyl groups excluding tert-OH is 1. The van der Waals surface area contributed by atoms with E-state index in [1.165, 1.54) is 0 Å². The molecule has 6 nitrogen and oxygen atoms in total. The van der Waals surface area contributed by atoms with Gasteiger partial charge in [-0.3, -0.25) is 9.78 Å². The number of hydrogen-bond acceptors (Lipinski definition) is 5. The number of fused-ring (bicyclic) bond motifs is 2. The van der Waals surface area contributed by atoms with Gasteiger partial charge in [-0.1, -0.05) is 36.4 Å². The van der Waals surface area contributed by atoms with Gasteiger partial charge in [0.25, 0.3) is 0 Å². The number of β-amino-alcohol motifs (C(OH)–C–C–N with tert-alkyl or cyclic N) is 1. The van der Waals surface area contributed by atoms with E-state index in [0.29, 0.717) is 6.54 Å². The first-order valence-corrected chi connectivity index (χ1v) is 11.8. The van der Waals surface area contributed by atoms with E-state index in [2.05, 4.69) is 27.3 Å². The molecule has 2 N–H and O–H groups in total. The van der Waals surface area contributed by atoms with Crippen LogP contribution in [-0.4, -0.2) is 53.2 Å². The summed E-state index contributed by atoms with van der Waals surface area (Å²) in [6, 6.07) is 23.7. The van der Waals surface area contributed by atoms with Crippen molar-refractivity contribution in [2.75, 3.05) is 31.6 Å². The summed E-state index contributed by atoms with van der Waals surface area (Å²) in [6.45, 7) is 2.31. The Hall–Kier alpha value is -3.48. The van der Waals surface area contributed by atoms with E-state index in [4.69, 9.17) is 4.74 Å². The standard InChI is InChI=1S/C28H29N3O3/c32-24(19-34-27-9-3-8-26-25(27)7-4-14-29-26)18-31-15-12-21(13-16-31)28(33)30-23-11-10-20-5-1-2-6-22(20)17-23/h1-11,14,17,21,24,32H,12-13,15-16,18-19H2,(H,30,33)/t24-/m1/s1. The molecule has 0 spiro atoms. The first-order valence-electron chi connectivity index (χ1n) is 11.8. The fraction of sp³-hybridized carbons (Fsp3) is 0.286. The van der Waals surface area contributed by atoms with Crippen molar-refractivity contribution < 1.29 is 14.6 Å². The zero-order valence-corrected chi connectivity index (χ0v) is 19.1. The predicted molar refractivity (Wildman–Crippen MR) is 135 cm³/mol. The maximum Gasteiger partial charge on any atom is 0.227 e. The van der Waals surface area contributed by atoms with Crippen molar-refractivity contribution in [3.63, 3.8) is 0 Å². The van der Waals surface area contributed by atoms with Crippen LogP contribution in [0.4, 0.5) is 5.69 Å². The van der Waals surface area contributed by atoms with Crippen LogP contribution in [-0.2, 0) is 4.79 Å². The number of aromatic nitrogens is 1. The molecule has 174 valence electrons. The van der Waals surface area contributed by atoms with Crippen LogP contribution in [0.1, 0.15) is 12.8 Å². The molecule has 0 bridgehead atoms. The Bertz CT molecular complexity index is 1280. The van der Waals surface area contributed by atoms with Crippen molar-refractivity contribution in [3.8, 4) is 5.75 Å². The monoisotopic (exact) mass is 455 g/mol. The number of anilines is 1. The number of amides is 1. The molecule has 6 heteroatoms. The number of likely N-dealkylation sites (tertiary alicyclic amines) is 1. The van der Waals surface area contributed by atoms with Gasteiger partial charge >= 0.3 is 0 Å². The molecule has 1 aliphatic rings. The minimum atomic E-state index is -0.602. The van der Waals surface area contributed by atoms with E-state index in [-0.39, 0.29) is 18.4 Å². The van der Waals surface area contributed by atoms with E-state index in [0.717, 1.165) is 59.0 Å². The smallest absolute Gasteiger partial charge is 0.227 e. The summed E-state index contributed by atoms with van der Waals surface area (Å²) in [5.74, 6) is 0.788. The lowest BCUT2D eigenvalue weighted by molar-refractivity contribution is -0.121. The van der Waals surface area contributed by atoms with Crippen molar-refractivity contribution in [1.29, 1.82) is 0 Å². The number of hydrogen-bond donors (Lipinski definition) is 2. The molecule has 3 aromatic carbocycles. The SMILES string of the molecule is O=C(Nc1ccc2ccccc2c1)C1CCN(C[C@@H](O)COc2cccc3ncccc23)CC1. The molecule has 4 aromatic rings. The van der Waals surface area contributed by atoms with Gasteiger partial charge in [-0.05, 0) is 73.1 Å². The highest BCUT2D eigenvalue weighted by Crippen LogP contribution is 2.25. The van der Waals surface area contributed by atoms with E-state index in [9.17, 15) is 9.90 Å². The summed E-state index contributed by atoms with van der Waals surface area (Å²) >= 11 is 0. The van der Waals surface area contributed by atoms with Gasteiger partial charge in [0.15, 0.2) is 0 Å². The third-order valence-corrected chi connectivity index (χ3v) is 6.48. The Labute approximate surface area is 199 Å². The minimum Gasteiger partial charge on any atom is -0.490 e. The van der Waals surface area contributed by atoms with Crippen molar-refractivity contribution in [2.24, 2.45) is 5.92 Å². The average molecular weight is 456 g/mol. The van der Waals surface area contributed by atoms with Crippen LogP contribution in [0.15, 0.2) is 79.0 Å². The molecule has 0 radical (unpaired) electrons. The van der Waals surface area contributed by atoms with Gasteiger partial charge in [0.05, 0.1) is 5.52 Å². The van der Waals surface area contributed by atoms with Crippen LogP contribution in [0.2, 0.25) is 0 Å². The molecule has 0 unspecified atom stereocenters. The third kappa shape index (κ3) is 5.19. The van der Waals surface area contributed by atoms with E-state index in [1.54, 1.807) is 6.20 Å². The van der Waals surface area contributed by atoms with Crippen LogP contribution in [0.3, 0.4) is 0 Å². The average Bonchev–Trinajstić information content (AvgIpc) is 2.88. The molecular weight excluding hydrogens is 426 g/mol. The van der Waals surface area contributed by atoms with E-state index >= 15 is 0 Å². The number of pyridine rings is 1. The number of aliphatic hydroxyl groups is 1. The van der Waals surface area contributed by atoms with Gasteiger partial charge in [0, 0.05) is 29.7 Å². The van der Waals surface area contributed by atoms with Gasteiger partial charge < -0.3 is 20.1 Å². The quantitative estimate of drug-likeness (QED) is 0.430. The molecule has 0 aliphatic carbocycles. The molecule has 0 saturated carbocycles. The Kier molecular flexibility index (Phi) is 6.70. The number of carbonyl (C=O) groups is 1. The number of benzene rings is 3. The number of carbonyl (C=O) groups excluding carboxylic acids is 1. The first-order chi connectivity index (χ1) is 16.7. The van der Waals surface area contributed by atoms with Gasteiger partial charge in [-0.15, -0.1) is 0 Å². The summed E-state index contributed by atoms with van der Waals surface area (Å²) in [5.41, 5.74) is 1.71. The Morgan fingerprint density at radius 1 is 1.03 bits per heavy atom. The van der Waals surface area contributed by atoms with Gasteiger partial charge in [0.2, 0.25) is 5.91 Å². The number of piperidine rings is 1. The summed E-state index contributed by atoms with van der Waals surface area (Å²) in [5, 5.41) is 16.8. The third-order valence-electron chi connectivity index (χ3n) is 6.48. The molecule has 1 saturated heterocycles. The topological polar surface area (TPSA) is 74.7 Å². The lowest BCUT2D eigenvalue weighted by atomic mass is 9.95.